The summed E-state index contributed by atoms with van der Waals surface area (Å²) >= 11 is 0. The zero-order chi connectivity index (χ0) is 15.8. The molecule has 0 aliphatic carbocycles. The summed E-state index contributed by atoms with van der Waals surface area (Å²) in [7, 11) is 0. The van der Waals surface area contributed by atoms with E-state index >= 15 is 0 Å². The summed E-state index contributed by atoms with van der Waals surface area (Å²) in [6, 6.07) is 4.29. The van der Waals surface area contributed by atoms with Crippen LogP contribution in [0.25, 0.3) is 0 Å². The largest absolute Gasteiger partial charge is 0.493 e. The molecule has 0 radical (unpaired) electrons. The third-order valence-corrected chi connectivity index (χ3v) is 2.87. The molecule has 1 amide bonds. The van der Waals surface area contributed by atoms with Gasteiger partial charge in [0.25, 0.3) is 11.6 Å². The quantitative estimate of drug-likeness (QED) is 0.583. The summed E-state index contributed by atoms with van der Waals surface area (Å²) in [5.41, 5.74) is -0.351. The number of carbonyl (C=O) groups is 1. The molecule has 0 bridgehead atoms. The topological polar surface area (TPSA) is 92.9 Å². The van der Waals surface area contributed by atoms with Gasteiger partial charge in [-0.3, -0.25) is 14.9 Å². The molecule has 0 saturated carbocycles. The Morgan fingerprint density at radius 2 is 2.10 bits per heavy atom. The molecule has 116 valence electrons. The normalized spacial score (nSPS) is 10.2. The number of carbonyl (C=O) groups excluding carboxylic acids is 1. The molecule has 0 aromatic heterocycles. The van der Waals surface area contributed by atoms with E-state index in [-0.39, 0.29) is 30.2 Å². The van der Waals surface area contributed by atoms with E-state index in [0.717, 1.165) is 0 Å². The first-order chi connectivity index (χ1) is 10.1. The zero-order valence-electron chi connectivity index (χ0n) is 12.2. The molecule has 1 aromatic carbocycles. The molecule has 1 N–H and O–H groups in total. The van der Waals surface area contributed by atoms with Crippen molar-refractivity contribution < 1.29 is 19.6 Å². The van der Waals surface area contributed by atoms with Crippen molar-refractivity contribution >= 4 is 11.6 Å². The number of hydrogen-bond donors (Lipinski definition) is 1. The molecule has 0 atom stereocenters. The van der Waals surface area contributed by atoms with E-state index in [4.69, 9.17) is 9.84 Å². The van der Waals surface area contributed by atoms with Crippen LogP contribution in [-0.4, -0.2) is 47.1 Å². The lowest BCUT2D eigenvalue weighted by Crippen LogP contribution is -2.35. The van der Waals surface area contributed by atoms with Crippen LogP contribution in [0.4, 0.5) is 5.69 Å². The Morgan fingerprint density at radius 1 is 1.38 bits per heavy atom. The van der Waals surface area contributed by atoms with Gasteiger partial charge >= 0.3 is 0 Å². The molecule has 7 heteroatoms. The number of rotatable bonds is 8. The monoisotopic (exact) mass is 296 g/mol. The number of aliphatic hydroxyl groups is 1. The first-order valence-corrected chi connectivity index (χ1v) is 6.87. The Balaban J connectivity index is 3.29. The van der Waals surface area contributed by atoms with E-state index in [1.165, 1.54) is 23.1 Å². The third kappa shape index (κ3) is 4.16. The Bertz CT molecular complexity index is 498. The highest BCUT2D eigenvalue weighted by Gasteiger charge is 2.28. The highest BCUT2D eigenvalue weighted by Crippen LogP contribution is 2.29. The Morgan fingerprint density at radius 3 is 2.62 bits per heavy atom. The minimum absolute atomic E-state index is 0.0637. The molecule has 0 fully saturated rings. The fourth-order valence-electron chi connectivity index (χ4n) is 2.03. The summed E-state index contributed by atoms with van der Waals surface area (Å²) in [5, 5.41) is 20.2. The number of amides is 1. The predicted octanol–water partition coefficient (Wildman–Crippen LogP) is 1.84. The zero-order valence-corrected chi connectivity index (χ0v) is 12.2. The molecule has 0 saturated heterocycles. The van der Waals surface area contributed by atoms with Gasteiger partial charge in [0.05, 0.1) is 18.1 Å². The van der Waals surface area contributed by atoms with Gasteiger partial charge in [-0.2, -0.15) is 0 Å². The maximum atomic E-state index is 12.6. The molecule has 1 rings (SSSR count). The summed E-state index contributed by atoms with van der Waals surface area (Å²) < 4.78 is 5.34. The smallest absolute Gasteiger partial charge is 0.285 e. The van der Waals surface area contributed by atoms with Crippen molar-refractivity contribution in [2.45, 2.75) is 20.3 Å². The van der Waals surface area contributed by atoms with Crippen LogP contribution >= 0.6 is 0 Å². The molecule has 21 heavy (non-hydrogen) atoms. The first kappa shape index (κ1) is 16.9. The molecule has 7 nitrogen and oxygen atoms in total. The van der Waals surface area contributed by atoms with Crippen LogP contribution in [0.5, 0.6) is 5.75 Å². The van der Waals surface area contributed by atoms with Crippen LogP contribution in [0.3, 0.4) is 0 Å². The fourth-order valence-corrected chi connectivity index (χ4v) is 2.03. The number of nitro groups is 1. The van der Waals surface area contributed by atoms with Crippen LogP contribution in [0.2, 0.25) is 0 Å². The number of ether oxygens (including phenoxy) is 1. The highest BCUT2D eigenvalue weighted by atomic mass is 16.6. The number of hydrogen-bond acceptors (Lipinski definition) is 5. The SMILES string of the molecule is CCCN(CCO)C(=O)c1c(OCC)cccc1[N+](=O)[O-]. The molecule has 0 heterocycles. The van der Waals surface area contributed by atoms with Gasteiger partial charge < -0.3 is 14.7 Å². The second-order valence-corrected chi connectivity index (χ2v) is 4.36. The van der Waals surface area contributed by atoms with Crippen molar-refractivity contribution in [2.75, 3.05) is 26.3 Å². The number of nitrogens with zero attached hydrogens (tertiary/aromatic N) is 2. The van der Waals surface area contributed by atoms with Crippen molar-refractivity contribution in [1.82, 2.24) is 4.90 Å². The van der Waals surface area contributed by atoms with Crippen LogP contribution in [0.1, 0.15) is 30.6 Å². The lowest BCUT2D eigenvalue weighted by atomic mass is 10.1. The minimum atomic E-state index is -0.598. The van der Waals surface area contributed by atoms with E-state index in [9.17, 15) is 14.9 Å². The molecule has 0 aliphatic heterocycles. The van der Waals surface area contributed by atoms with Crippen molar-refractivity contribution in [3.63, 3.8) is 0 Å². The van der Waals surface area contributed by atoms with Crippen LogP contribution in [-0.2, 0) is 0 Å². The second-order valence-electron chi connectivity index (χ2n) is 4.36. The Kier molecular flexibility index (Phi) is 6.61. The Hall–Kier alpha value is -2.15. The average Bonchev–Trinajstić information content (AvgIpc) is 2.46. The van der Waals surface area contributed by atoms with Gasteiger partial charge in [-0.15, -0.1) is 0 Å². The first-order valence-electron chi connectivity index (χ1n) is 6.87. The lowest BCUT2D eigenvalue weighted by Gasteiger charge is -2.22. The third-order valence-electron chi connectivity index (χ3n) is 2.87. The van der Waals surface area contributed by atoms with Crippen molar-refractivity contribution in [1.29, 1.82) is 0 Å². The van der Waals surface area contributed by atoms with Gasteiger partial charge in [-0.25, -0.2) is 0 Å². The molecule has 0 aliphatic rings. The van der Waals surface area contributed by atoms with Gasteiger partial charge in [0.2, 0.25) is 0 Å². The van der Waals surface area contributed by atoms with Gasteiger partial charge in [0.15, 0.2) is 5.56 Å². The van der Waals surface area contributed by atoms with Gasteiger partial charge in [0, 0.05) is 19.2 Å². The van der Waals surface area contributed by atoms with Crippen molar-refractivity contribution in [2.24, 2.45) is 0 Å². The molecule has 0 unspecified atom stereocenters. The second kappa shape index (κ2) is 8.21. The number of aliphatic hydroxyl groups excluding tert-OH is 1. The van der Waals surface area contributed by atoms with E-state index < -0.39 is 10.8 Å². The van der Waals surface area contributed by atoms with Crippen LogP contribution in [0, 0.1) is 10.1 Å². The van der Waals surface area contributed by atoms with E-state index in [0.29, 0.717) is 19.6 Å². The maximum absolute atomic E-state index is 12.6. The maximum Gasteiger partial charge on any atom is 0.285 e. The molecule has 0 spiro atoms. The van der Waals surface area contributed by atoms with E-state index in [1.54, 1.807) is 6.92 Å². The van der Waals surface area contributed by atoms with E-state index in [2.05, 4.69) is 0 Å². The van der Waals surface area contributed by atoms with Gasteiger partial charge in [0.1, 0.15) is 5.75 Å². The van der Waals surface area contributed by atoms with Gasteiger partial charge in [-0.1, -0.05) is 13.0 Å². The highest BCUT2D eigenvalue weighted by molar-refractivity contribution is 6.01. The summed E-state index contributed by atoms with van der Waals surface area (Å²) in [6.07, 6.45) is 0.691. The van der Waals surface area contributed by atoms with Crippen molar-refractivity contribution in [3.8, 4) is 5.75 Å². The Labute approximate surface area is 123 Å². The molecule has 1 aromatic rings. The molecular weight excluding hydrogens is 276 g/mol. The lowest BCUT2D eigenvalue weighted by molar-refractivity contribution is -0.385. The summed E-state index contributed by atoms with van der Waals surface area (Å²) in [6.45, 7) is 4.28. The summed E-state index contributed by atoms with van der Waals surface area (Å²) in [4.78, 5) is 24.5. The number of benzene rings is 1. The van der Waals surface area contributed by atoms with Gasteiger partial charge in [-0.05, 0) is 19.4 Å². The standard InChI is InChI=1S/C14H20N2O5/c1-3-8-15(9-10-17)14(18)13-11(16(19)20)6-5-7-12(13)21-4-2/h5-7,17H,3-4,8-10H2,1-2H3. The fraction of sp³-hybridized carbons (Fsp3) is 0.500. The summed E-state index contributed by atoms with van der Waals surface area (Å²) in [5.74, 6) is -0.308. The van der Waals surface area contributed by atoms with Crippen molar-refractivity contribution in [3.05, 3.63) is 33.9 Å². The minimum Gasteiger partial charge on any atom is -0.493 e. The van der Waals surface area contributed by atoms with Crippen LogP contribution in [0.15, 0.2) is 18.2 Å². The number of nitro benzene ring substituents is 1. The van der Waals surface area contributed by atoms with E-state index in [1.807, 2.05) is 6.92 Å². The molecular formula is C14H20N2O5. The van der Waals surface area contributed by atoms with Crippen LogP contribution < -0.4 is 4.74 Å². The predicted molar refractivity (Wildman–Crippen MR) is 77.5 cm³/mol. The average molecular weight is 296 g/mol.